The van der Waals surface area contributed by atoms with Gasteiger partial charge in [-0.25, -0.2) is 0 Å². The Morgan fingerprint density at radius 3 is 2.93 bits per heavy atom. The van der Waals surface area contributed by atoms with E-state index in [-0.39, 0.29) is 5.91 Å². The van der Waals surface area contributed by atoms with E-state index in [0.29, 0.717) is 0 Å². The third-order valence-electron chi connectivity index (χ3n) is 2.64. The number of amides is 1. The van der Waals surface area contributed by atoms with E-state index in [1.165, 1.54) is 0 Å². The van der Waals surface area contributed by atoms with E-state index >= 15 is 0 Å². The minimum atomic E-state index is -0.548. The number of nitrogens with one attached hydrogen (secondary N) is 1. The average Bonchev–Trinajstić information content (AvgIpc) is 2.91. The van der Waals surface area contributed by atoms with Crippen molar-refractivity contribution < 1.29 is 9.53 Å². The van der Waals surface area contributed by atoms with Crippen molar-refractivity contribution in [2.45, 2.75) is 18.4 Å². The molecule has 1 fully saturated rings. The zero-order valence-electron chi connectivity index (χ0n) is 7.34. The summed E-state index contributed by atoms with van der Waals surface area (Å²) in [5.74, 6) is 0.744. The summed E-state index contributed by atoms with van der Waals surface area (Å²) in [5, 5.41) is 2.87. The summed E-state index contributed by atoms with van der Waals surface area (Å²) in [6, 6.07) is 5.66. The molecule has 14 heavy (non-hydrogen) atoms. The average molecular weight is 254 g/mol. The van der Waals surface area contributed by atoms with Crippen LogP contribution >= 0.6 is 15.9 Å². The van der Waals surface area contributed by atoms with E-state index in [9.17, 15) is 4.79 Å². The fourth-order valence-corrected chi connectivity index (χ4v) is 2.08. The van der Waals surface area contributed by atoms with Gasteiger partial charge in [-0.3, -0.25) is 4.79 Å². The van der Waals surface area contributed by atoms with Gasteiger partial charge in [-0.15, -0.1) is 0 Å². The number of ether oxygens (including phenoxy) is 1. The van der Waals surface area contributed by atoms with Crippen molar-refractivity contribution in [3.05, 3.63) is 22.7 Å². The Labute approximate surface area is 89.6 Å². The first-order valence-corrected chi connectivity index (χ1v) is 5.30. The predicted molar refractivity (Wildman–Crippen MR) is 55.4 cm³/mol. The number of benzene rings is 1. The van der Waals surface area contributed by atoms with Crippen LogP contribution < -0.4 is 10.1 Å². The molecule has 2 aliphatic rings. The molecule has 72 valence electrons. The summed E-state index contributed by atoms with van der Waals surface area (Å²) in [5.41, 5.74) is 0.198. The second-order valence-corrected chi connectivity index (χ2v) is 4.52. The van der Waals surface area contributed by atoms with Gasteiger partial charge in [-0.2, -0.15) is 0 Å². The quantitative estimate of drug-likeness (QED) is 0.771. The van der Waals surface area contributed by atoms with Crippen LogP contribution in [0.1, 0.15) is 12.8 Å². The molecular weight excluding hydrogens is 246 g/mol. The van der Waals surface area contributed by atoms with Crippen molar-refractivity contribution in [3.8, 4) is 5.75 Å². The van der Waals surface area contributed by atoms with Crippen LogP contribution in [0.25, 0.3) is 0 Å². The second-order valence-electron chi connectivity index (χ2n) is 3.66. The number of hydrogen-bond acceptors (Lipinski definition) is 2. The molecule has 1 aromatic carbocycles. The maximum atomic E-state index is 11.6. The van der Waals surface area contributed by atoms with E-state index in [4.69, 9.17) is 4.74 Å². The standard InChI is InChI=1S/C10H8BrNO2/c11-6-2-1-3-7-8(6)12-9(13)10(14-7)4-5-10/h1-3H,4-5H2,(H,12,13). The van der Waals surface area contributed by atoms with Crippen molar-refractivity contribution in [3.63, 3.8) is 0 Å². The van der Waals surface area contributed by atoms with Crippen molar-refractivity contribution in [2.24, 2.45) is 0 Å². The van der Waals surface area contributed by atoms with Gasteiger partial charge in [-0.1, -0.05) is 6.07 Å². The van der Waals surface area contributed by atoms with Crippen LogP contribution in [0.2, 0.25) is 0 Å². The third kappa shape index (κ3) is 1.00. The molecule has 0 saturated heterocycles. The molecule has 1 N–H and O–H groups in total. The van der Waals surface area contributed by atoms with Gasteiger partial charge in [0.1, 0.15) is 5.75 Å². The Bertz CT molecular complexity index is 426. The maximum Gasteiger partial charge on any atom is 0.268 e. The molecule has 0 unspecified atom stereocenters. The summed E-state index contributed by atoms with van der Waals surface area (Å²) >= 11 is 3.37. The number of carbonyl (C=O) groups excluding carboxylic acids is 1. The molecule has 0 bridgehead atoms. The lowest BCUT2D eigenvalue weighted by Crippen LogP contribution is -2.39. The molecule has 4 heteroatoms. The van der Waals surface area contributed by atoms with Crippen LogP contribution in [0.4, 0.5) is 5.69 Å². The van der Waals surface area contributed by atoms with Crippen molar-refractivity contribution in [1.82, 2.24) is 0 Å². The van der Waals surface area contributed by atoms with Gasteiger partial charge in [0.15, 0.2) is 5.60 Å². The van der Waals surface area contributed by atoms with E-state index < -0.39 is 5.60 Å². The van der Waals surface area contributed by atoms with Gasteiger partial charge in [-0.05, 0) is 28.1 Å². The van der Waals surface area contributed by atoms with Gasteiger partial charge in [0.25, 0.3) is 5.91 Å². The molecule has 3 rings (SSSR count). The highest BCUT2D eigenvalue weighted by molar-refractivity contribution is 9.10. The normalized spacial score (nSPS) is 21.1. The number of rotatable bonds is 0. The topological polar surface area (TPSA) is 38.3 Å². The molecular formula is C10H8BrNO2. The lowest BCUT2D eigenvalue weighted by molar-refractivity contribution is -0.125. The molecule has 0 radical (unpaired) electrons. The number of halogens is 1. The number of anilines is 1. The maximum absolute atomic E-state index is 11.6. The Kier molecular flexibility index (Phi) is 1.49. The van der Waals surface area contributed by atoms with Crippen LogP contribution in [0.15, 0.2) is 22.7 Å². The molecule has 1 heterocycles. The Balaban J connectivity index is 2.11. The summed E-state index contributed by atoms with van der Waals surface area (Å²) in [4.78, 5) is 11.6. The van der Waals surface area contributed by atoms with Gasteiger partial charge in [0, 0.05) is 17.3 Å². The first kappa shape index (κ1) is 8.29. The molecule has 1 amide bonds. The van der Waals surface area contributed by atoms with Crippen LogP contribution in [0, 0.1) is 0 Å². The number of carbonyl (C=O) groups is 1. The SMILES string of the molecule is O=C1Nc2c(Br)cccc2OC12CC2. The zero-order valence-corrected chi connectivity index (χ0v) is 8.93. The summed E-state index contributed by atoms with van der Waals surface area (Å²) in [6.07, 6.45) is 1.65. The molecule has 0 atom stereocenters. The minimum absolute atomic E-state index is 0.0168. The van der Waals surface area contributed by atoms with Gasteiger partial charge < -0.3 is 10.1 Å². The molecule has 1 aliphatic heterocycles. The Morgan fingerprint density at radius 1 is 1.43 bits per heavy atom. The second kappa shape index (κ2) is 2.51. The van der Waals surface area contributed by atoms with E-state index in [1.54, 1.807) is 0 Å². The molecule has 1 spiro atoms. The van der Waals surface area contributed by atoms with Gasteiger partial charge >= 0.3 is 0 Å². The first-order valence-electron chi connectivity index (χ1n) is 4.50. The number of hydrogen-bond donors (Lipinski definition) is 1. The van der Waals surface area contributed by atoms with Crippen LogP contribution in [0.5, 0.6) is 5.75 Å². The van der Waals surface area contributed by atoms with Crippen LogP contribution in [-0.2, 0) is 4.79 Å². The zero-order chi connectivity index (χ0) is 9.76. The molecule has 3 nitrogen and oxygen atoms in total. The lowest BCUT2D eigenvalue weighted by Gasteiger charge is -2.26. The van der Waals surface area contributed by atoms with Gasteiger partial charge in [0.2, 0.25) is 0 Å². The highest BCUT2D eigenvalue weighted by atomic mass is 79.9. The lowest BCUT2D eigenvalue weighted by atomic mass is 10.2. The fourth-order valence-electron chi connectivity index (χ4n) is 1.64. The highest BCUT2D eigenvalue weighted by Crippen LogP contribution is 2.48. The van der Waals surface area contributed by atoms with Crippen molar-refractivity contribution in [1.29, 1.82) is 0 Å². The summed E-state index contributed by atoms with van der Waals surface area (Å²) < 4.78 is 6.54. The van der Waals surface area contributed by atoms with Crippen molar-refractivity contribution in [2.75, 3.05) is 5.32 Å². The first-order chi connectivity index (χ1) is 6.71. The molecule has 1 aromatic rings. The predicted octanol–water partition coefficient (Wildman–Crippen LogP) is 2.31. The monoisotopic (exact) mass is 253 g/mol. The number of fused-ring (bicyclic) bond motifs is 1. The molecule has 1 saturated carbocycles. The molecule has 1 aliphatic carbocycles. The highest BCUT2D eigenvalue weighted by Gasteiger charge is 2.55. The fraction of sp³-hybridized carbons (Fsp3) is 0.300. The van der Waals surface area contributed by atoms with Crippen LogP contribution in [0.3, 0.4) is 0 Å². The Hall–Kier alpha value is -1.03. The summed E-state index contributed by atoms with van der Waals surface area (Å²) in [7, 11) is 0. The molecule has 0 aromatic heterocycles. The Morgan fingerprint density at radius 2 is 2.21 bits per heavy atom. The smallest absolute Gasteiger partial charge is 0.268 e. The van der Waals surface area contributed by atoms with Crippen LogP contribution in [-0.4, -0.2) is 11.5 Å². The van der Waals surface area contributed by atoms with E-state index in [1.807, 2.05) is 18.2 Å². The third-order valence-corrected chi connectivity index (χ3v) is 3.30. The largest absolute Gasteiger partial charge is 0.475 e. The van der Waals surface area contributed by atoms with E-state index in [2.05, 4.69) is 21.2 Å². The van der Waals surface area contributed by atoms with Crippen molar-refractivity contribution >= 4 is 27.5 Å². The summed E-state index contributed by atoms with van der Waals surface area (Å²) in [6.45, 7) is 0. The van der Waals surface area contributed by atoms with E-state index in [0.717, 1.165) is 28.8 Å². The minimum Gasteiger partial charge on any atom is -0.475 e. The number of para-hydroxylation sites is 1. The van der Waals surface area contributed by atoms with Gasteiger partial charge in [0.05, 0.1) is 5.69 Å².